The van der Waals surface area contributed by atoms with Crippen LogP contribution in [0.15, 0.2) is 42.5 Å². The highest BCUT2D eigenvalue weighted by Crippen LogP contribution is 2.34. The normalized spacial score (nSPS) is 17.5. The zero-order chi connectivity index (χ0) is 18.2. The molecule has 5 heteroatoms. The van der Waals surface area contributed by atoms with Crippen molar-refractivity contribution in [3.63, 3.8) is 0 Å². The summed E-state index contributed by atoms with van der Waals surface area (Å²) < 4.78 is 0. The van der Waals surface area contributed by atoms with Crippen LogP contribution in [0.5, 0.6) is 0 Å². The number of hydrogen-bond donors (Lipinski definition) is 3. The predicted molar refractivity (Wildman–Crippen MR) is 109 cm³/mol. The average Bonchev–Trinajstić information content (AvgIpc) is 2.85. The summed E-state index contributed by atoms with van der Waals surface area (Å²) in [5, 5.41) is 7.54. The number of nitrogens with zero attached hydrogens (tertiary/aromatic N) is 1. The van der Waals surface area contributed by atoms with Crippen LogP contribution in [0.4, 0.5) is 5.69 Å². The Hall–Kier alpha value is -2.79. The zero-order valence-electron chi connectivity index (χ0n) is 15.3. The second-order valence-electron chi connectivity index (χ2n) is 7.35. The molecule has 3 N–H and O–H groups in total. The zero-order valence-corrected chi connectivity index (χ0v) is 15.3. The van der Waals surface area contributed by atoms with E-state index in [1.165, 1.54) is 23.2 Å². The van der Waals surface area contributed by atoms with Crippen LogP contribution >= 0.6 is 0 Å². The minimum absolute atomic E-state index is 0.0232. The number of benzene rings is 2. The summed E-state index contributed by atoms with van der Waals surface area (Å²) in [6, 6.07) is 14.8. The molecule has 0 atom stereocenters. The molecule has 1 aromatic heterocycles. The number of aromatic nitrogens is 1. The number of aromatic amines is 1. The van der Waals surface area contributed by atoms with Crippen LogP contribution in [0, 0.1) is 0 Å². The van der Waals surface area contributed by atoms with Gasteiger partial charge < -0.3 is 20.5 Å². The molecule has 5 rings (SSSR count). The molecule has 0 aliphatic carbocycles. The van der Waals surface area contributed by atoms with Gasteiger partial charge in [-0.3, -0.25) is 4.79 Å². The molecule has 27 heavy (non-hydrogen) atoms. The van der Waals surface area contributed by atoms with E-state index in [2.05, 4.69) is 50.8 Å². The summed E-state index contributed by atoms with van der Waals surface area (Å²) in [6.07, 6.45) is 2.02. The molecule has 0 unspecified atom stereocenters. The largest absolute Gasteiger partial charge is 0.370 e. The minimum Gasteiger partial charge on any atom is -0.370 e. The average molecular weight is 360 g/mol. The maximum Gasteiger partial charge on any atom is 0.251 e. The van der Waals surface area contributed by atoms with Gasteiger partial charge in [-0.05, 0) is 54.8 Å². The molecule has 1 amide bonds. The van der Waals surface area contributed by atoms with Crippen LogP contribution in [0.1, 0.15) is 22.3 Å². The fraction of sp³-hybridized carbons (Fsp3) is 0.318. The first kappa shape index (κ1) is 16.4. The van der Waals surface area contributed by atoms with Crippen LogP contribution in [-0.2, 0) is 6.42 Å². The van der Waals surface area contributed by atoms with E-state index in [0.29, 0.717) is 6.54 Å². The Kier molecular flexibility index (Phi) is 4.09. The predicted octanol–water partition coefficient (Wildman–Crippen LogP) is 2.92. The Bertz CT molecular complexity index is 981. The van der Waals surface area contributed by atoms with Crippen molar-refractivity contribution in [2.24, 2.45) is 0 Å². The molecule has 1 saturated heterocycles. The molecule has 0 saturated carbocycles. The lowest BCUT2D eigenvalue weighted by molar-refractivity contribution is 0.0957. The van der Waals surface area contributed by atoms with Crippen molar-refractivity contribution in [1.82, 2.24) is 15.6 Å². The molecule has 5 nitrogen and oxygen atoms in total. The summed E-state index contributed by atoms with van der Waals surface area (Å²) in [7, 11) is 0. The molecule has 1 fully saturated rings. The number of hydrogen-bond acceptors (Lipinski definition) is 3. The number of H-pyrrole nitrogens is 1. The molecule has 3 heterocycles. The van der Waals surface area contributed by atoms with E-state index in [1.807, 2.05) is 12.1 Å². The van der Waals surface area contributed by atoms with Gasteiger partial charge in [-0.2, -0.15) is 0 Å². The molecule has 2 aromatic carbocycles. The fourth-order valence-electron chi connectivity index (χ4n) is 4.34. The Balaban J connectivity index is 1.55. The summed E-state index contributed by atoms with van der Waals surface area (Å²) in [4.78, 5) is 18.4. The number of amides is 1. The van der Waals surface area contributed by atoms with E-state index in [9.17, 15) is 4.79 Å². The highest BCUT2D eigenvalue weighted by molar-refractivity contribution is 6.10. The molecule has 138 valence electrons. The van der Waals surface area contributed by atoms with Crippen molar-refractivity contribution >= 4 is 22.5 Å². The van der Waals surface area contributed by atoms with E-state index < -0.39 is 0 Å². The van der Waals surface area contributed by atoms with Crippen LogP contribution in [-0.4, -0.2) is 43.6 Å². The summed E-state index contributed by atoms with van der Waals surface area (Å²) in [6.45, 7) is 4.96. The quantitative estimate of drug-likeness (QED) is 0.659. The van der Waals surface area contributed by atoms with Crippen LogP contribution in [0.25, 0.3) is 22.2 Å². The van der Waals surface area contributed by atoms with Crippen molar-refractivity contribution in [2.75, 3.05) is 37.6 Å². The molecule has 0 bridgehead atoms. The van der Waals surface area contributed by atoms with E-state index in [4.69, 9.17) is 0 Å². The molecular weight excluding hydrogens is 336 g/mol. The third kappa shape index (κ3) is 2.88. The van der Waals surface area contributed by atoms with E-state index in [-0.39, 0.29) is 5.91 Å². The first-order valence-electron chi connectivity index (χ1n) is 9.79. The van der Waals surface area contributed by atoms with Crippen molar-refractivity contribution < 1.29 is 4.79 Å². The lowest BCUT2D eigenvalue weighted by Gasteiger charge is -2.22. The Morgan fingerprint density at radius 1 is 0.926 bits per heavy atom. The number of anilines is 1. The third-order valence-corrected chi connectivity index (χ3v) is 5.69. The summed E-state index contributed by atoms with van der Waals surface area (Å²) in [5.41, 5.74) is 6.65. The molecular formula is C22H24N4O. The van der Waals surface area contributed by atoms with E-state index >= 15 is 0 Å². The Morgan fingerprint density at radius 2 is 1.81 bits per heavy atom. The Morgan fingerprint density at radius 3 is 2.70 bits per heavy atom. The molecule has 0 spiro atoms. The van der Waals surface area contributed by atoms with Gasteiger partial charge in [0.15, 0.2) is 0 Å². The van der Waals surface area contributed by atoms with Crippen molar-refractivity contribution in [3.05, 3.63) is 53.6 Å². The van der Waals surface area contributed by atoms with E-state index in [1.54, 1.807) is 0 Å². The number of nitrogens with one attached hydrogen (secondary N) is 3. The monoisotopic (exact) mass is 360 g/mol. The first-order chi connectivity index (χ1) is 13.3. The van der Waals surface area contributed by atoms with Gasteiger partial charge in [-0.15, -0.1) is 0 Å². The van der Waals surface area contributed by atoms with Gasteiger partial charge in [0.25, 0.3) is 5.91 Å². The number of rotatable bonds is 2. The van der Waals surface area contributed by atoms with E-state index in [0.717, 1.165) is 54.8 Å². The van der Waals surface area contributed by atoms with Gasteiger partial charge in [0, 0.05) is 54.0 Å². The molecule has 3 aromatic rings. The van der Waals surface area contributed by atoms with Crippen molar-refractivity contribution in [3.8, 4) is 11.3 Å². The third-order valence-electron chi connectivity index (χ3n) is 5.69. The van der Waals surface area contributed by atoms with Gasteiger partial charge in [0.05, 0.1) is 0 Å². The topological polar surface area (TPSA) is 60.2 Å². The number of carbonyl (C=O) groups is 1. The number of carbonyl (C=O) groups excluding carboxylic acids is 1. The first-order valence-corrected chi connectivity index (χ1v) is 9.79. The maximum absolute atomic E-state index is 12.3. The second-order valence-corrected chi connectivity index (χ2v) is 7.35. The maximum atomic E-state index is 12.3. The summed E-state index contributed by atoms with van der Waals surface area (Å²) >= 11 is 0. The van der Waals surface area contributed by atoms with Gasteiger partial charge in [0.2, 0.25) is 0 Å². The molecule has 2 aliphatic rings. The van der Waals surface area contributed by atoms with Crippen LogP contribution in [0.2, 0.25) is 0 Å². The standard InChI is InChI=1S/C22H24N4O/c27-22-18-3-1-4-19-20(18)17(9-11-24-22)21(25-19)15-5-7-16(8-6-15)26-13-2-10-23-12-14-26/h1,3-8,23,25H,2,9-14H2,(H,24,27). The van der Waals surface area contributed by atoms with Gasteiger partial charge in [0.1, 0.15) is 0 Å². The highest BCUT2D eigenvalue weighted by Gasteiger charge is 2.22. The highest BCUT2D eigenvalue weighted by atomic mass is 16.1. The second kappa shape index (κ2) is 6.74. The van der Waals surface area contributed by atoms with Crippen LogP contribution in [0.3, 0.4) is 0 Å². The SMILES string of the molecule is O=C1NCCc2c(-c3ccc(N4CCCNCC4)cc3)[nH]c3cccc1c23. The van der Waals surface area contributed by atoms with Gasteiger partial charge in [-0.25, -0.2) is 0 Å². The lowest BCUT2D eigenvalue weighted by atomic mass is 10.00. The van der Waals surface area contributed by atoms with Crippen LogP contribution < -0.4 is 15.5 Å². The Labute approximate surface area is 158 Å². The van der Waals surface area contributed by atoms with Gasteiger partial charge >= 0.3 is 0 Å². The van der Waals surface area contributed by atoms with Crippen molar-refractivity contribution in [1.29, 1.82) is 0 Å². The van der Waals surface area contributed by atoms with Gasteiger partial charge in [-0.1, -0.05) is 18.2 Å². The summed E-state index contributed by atoms with van der Waals surface area (Å²) in [5.74, 6) is 0.0232. The lowest BCUT2D eigenvalue weighted by Crippen LogP contribution is -2.27. The minimum atomic E-state index is 0.0232. The smallest absolute Gasteiger partial charge is 0.251 e. The fourth-order valence-corrected chi connectivity index (χ4v) is 4.34. The molecule has 2 aliphatic heterocycles. The molecule has 0 radical (unpaired) electrons. The van der Waals surface area contributed by atoms with Crippen molar-refractivity contribution in [2.45, 2.75) is 12.8 Å².